The number of ether oxygens (including phenoxy) is 3. The van der Waals surface area contributed by atoms with Gasteiger partial charge in [0.1, 0.15) is 13.2 Å². The normalized spacial score (nSPS) is 12.4. The van der Waals surface area contributed by atoms with Crippen LogP contribution in [-0.4, -0.2) is 37.2 Å². The molecule has 0 heterocycles. The number of carbonyl (C=O) groups excluding carboxylic acids is 3. The lowest BCUT2D eigenvalue weighted by atomic mass is 10.0. The van der Waals surface area contributed by atoms with Crippen molar-refractivity contribution in [1.29, 1.82) is 0 Å². The Morgan fingerprint density at radius 3 is 0.757 bits per heavy atom. The number of hydrogen-bond acceptors (Lipinski definition) is 6. The van der Waals surface area contributed by atoms with Crippen molar-refractivity contribution in [3.05, 3.63) is 60.8 Å². The average molecular weight is 1040 g/mol. The van der Waals surface area contributed by atoms with Crippen LogP contribution in [0.15, 0.2) is 60.8 Å². The third-order valence-corrected chi connectivity index (χ3v) is 14.2. The molecule has 0 aromatic carbocycles. The molecule has 0 aliphatic rings. The largest absolute Gasteiger partial charge is 0.462 e. The Bertz CT molecular complexity index is 1330. The van der Waals surface area contributed by atoms with Gasteiger partial charge in [-0.05, 0) is 89.9 Å². The molecule has 74 heavy (non-hydrogen) atoms. The fraction of sp³-hybridized carbons (Fsp3) is 0.809. The Balaban J connectivity index is 4.24. The van der Waals surface area contributed by atoms with Crippen molar-refractivity contribution in [2.75, 3.05) is 13.2 Å². The fourth-order valence-corrected chi connectivity index (χ4v) is 9.36. The molecular weight excluding hydrogens is 913 g/mol. The van der Waals surface area contributed by atoms with E-state index in [0.29, 0.717) is 19.3 Å². The van der Waals surface area contributed by atoms with Crippen molar-refractivity contribution < 1.29 is 28.6 Å². The molecule has 0 saturated heterocycles. The van der Waals surface area contributed by atoms with Gasteiger partial charge in [-0.2, -0.15) is 0 Å². The van der Waals surface area contributed by atoms with Crippen molar-refractivity contribution in [3.63, 3.8) is 0 Å². The maximum atomic E-state index is 12.9. The van der Waals surface area contributed by atoms with Gasteiger partial charge in [-0.1, -0.05) is 287 Å². The molecular formula is C68H122O6. The highest BCUT2D eigenvalue weighted by Crippen LogP contribution is 2.16. The zero-order chi connectivity index (χ0) is 53.6. The van der Waals surface area contributed by atoms with Gasteiger partial charge in [0.25, 0.3) is 0 Å². The first kappa shape index (κ1) is 71.1. The molecule has 0 spiro atoms. The maximum absolute atomic E-state index is 12.9. The zero-order valence-electron chi connectivity index (χ0n) is 49.4. The summed E-state index contributed by atoms with van der Waals surface area (Å²) in [5, 5.41) is 0. The molecule has 0 aromatic heterocycles. The molecule has 0 aromatic rings. The lowest BCUT2D eigenvalue weighted by Crippen LogP contribution is -2.30. The van der Waals surface area contributed by atoms with Crippen molar-refractivity contribution in [1.82, 2.24) is 0 Å². The van der Waals surface area contributed by atoms with Crippen molar-refractivity contribution in [2.45, 2.75) is 341 Å². The molecule has 0 radical (unpaired) electrons. The van der Waals surface area contributed by atoms with Gasteiger partial charge in [0.15, 0.2) is 6.10 Å². The summed E-state index contributed by atoms with van der Waals surface area (Å²) in [5.74, 6) is -0.868. The Hall–Kier alpha value is -2.89. The van der Waals surface area contributed by atoms with Crippen LogP contribution in [0.2, 0.25) is 0 Å². The molecule has 6 heteroatoms. The van der Waals surface area contributed by atoms with Crippen LogP contribution in [-0.2, 0) is 28.6 Å². The van der Waals surface area contributed by atoms with E-state index in [1.807, 2.05) is 0 Å². The van der Waals surface area contributed by atoms with E-state index in [-0.39, 0.29) is 31.1 Å². The Labute approximate surface area is 460 Å². The summed E-state index contributed by atoms with van der Waals surface area (Å²) in [6, 6.07) is 0. The summed E-state index contributed by atoms with van der Waals surface area (Å²) in [5.41, 5.74) is 0. The van der Waals surface area contributed by atoms with Crippen LogP contribution in [0.5, 0.6) is 0 Å². The van der Waals surface area contributed by atoms with E-state index in [4.69, 9.17) is 14.2 Å². The summed E-state index contributed by atoms with van der Waals surface area (Å²) in [6.07, 6.45) is 79.4. The summed E-state index contributed by atoms with van der Waals surface area (Å²) in [6.45, 7) is 6.64. The van der Waals surface area contributed by atoms with E-state index in [9.17, 15) is 14.4 Å². The molecule has 0 rings (SSSR count). The van der Waals surface area contributed by atoms with Gasteiger partial charge in [0, 0.05) is 19.3 Å². The van der Waals surface area contributed by atoms with Gasteiger partial charge in [-0.25, -0.2) is 0 Å². The quantitative estimate of drug-likeness (QED) is 0.0261. The van der Waals surface area contributed by atoms with E-state index in [2.05, 4.69) is 81.5 Å². The minimum atomic E-state index is -0.777. The second-order valence-corrected chi connectivity index (χ2v) is 21.7. The number of carbonyl (C=O) groups is 3. The van der Waals surface area contributed by atoms with Crippen LogP contribution in [0.4, 0.5) is 0 Å². The van der Waals surface area contributed by atoms with E-state index >= 15 is 0 Å². The van der Waals surface area contributed by atoms with Crippen LogP contribution in [0.25, 0.3) is 0 Å². The van der Waals surface area contributed by atoms with Crippen LogP contribution in [0.3, 0.4) is 0 Å². The van der Waals surface area contributed by atoms with Crippen molar-refractivity contribution in [3.8, 4) is 0 Å². The zero-order valence-corrected chi connectivity index (χ0v) is 49.4. The topological polar surface area (TPSA) is 78.9 Å². The molecule has 0 amide bonds. The molecule has 0 bridgehead atoms. The molecule has 0 N–H and O–H groups in total. The van der Waals surface area contributed by atoms with Gasteiger partial charge >= 0.3 is 17.9 Å². The lowest BCUT2D eigenvalue weighted by Gasteiger charge is -2.18. The minimum Gasteiger partial charge on any atom is -0.462 e. The molecule has 6 nitrogen and oxygen atoms in total. The van der Waals surface area contributed by atoms with Crippen LogP contribution in [0.1, 0.15) is 335 Å². The summed E-state index contributed by atoms with van der Waals surface area (Å²) >= 11 is 0. The first-order valence-corrected chi connectivity index (χ1v) is 32.3. The van der Waals surface area contributed by atoms with Crippen molar-refractivity contribution in [2.24, 2.45) is 0 Å². The molecule has 0 aliphatic heterocycles. The second kappa shape index (κ2) is 62.6. The Morgan fingerprint density at radius 2 is 0.486 bits per heavy atom. The summed E-state index contributed by atoms with van der Waals surface area (Å²) in [4.78, 5) is 38.2. The summed E-state index contributed by atoms with van der Waals surface area (Å²) in [7, 11) is 0. The predicted octanol–water partition coefficient (Wildman–Crippen LogP) is 21.9. The van der Waals surface area contributed by atoms with E-state index in [1.165, 1.54) is 218 Å². The van der Waals surface area contributed by atoms with E-state index < -0.39 is 6.10 Å². The monoisotopic (exact) mass is 1030 g/mol. The first-order chi connectivity index (χ1) is 36.5. The van der Waals surface area contributed by atoms with E-state index in [1.54, 1.807) is 0 Å². The lowest BCUT2D eigenvalue weighted by molar-refractivity contribution is -0.167. The molecule has 1 atom stereocenters. The SMILES string of the molecule is CCCCCCC/C=C\C/C=C\C/C=C\CCCCCCCCCCCCC(=O)OCC(COC(=O)CCCCCCCCCCCC)OC(=O)CCCCCCCCCCC/C=C\C/C=C\CCCCCCC. The Kier molecular flexibility index (Phi) is 60.2. The van der Waals surface area contributed by atoms with Crippen LogP contribution < -0.4 is 0 Å². The predicted molar refractivity (Wildman–Crippen MR) is 321 cm³/mol. The van der Waals surface area contributed by atoms with Gasteiger partial charge in [-0.15, -0.1) is 0 Å². The number of unbranched alkanes of at least 4 members (excludes halogenated alkanes) is 38. The fourth-order valence-electron chi connectivity index (χ4n) is 9.36. The van der Waals surface area contributed by atoms with Gasteiger partial charge < -0.3 is 14.2 Å². The first-order valence-electron chi connectivity index (χ1n) is 32.3. The molecule has 0 saturated carbocycles. The highest BCUT2D eigenvalue weighted by Gasteiger charge is 2.19. The molecule has 430 valence electrons. The smallest absolute Gasteiger partial charge is 0.306 e. The minimum absolute atomic E-state index is 0.0742. The number of hydrogen-bond donors (Lipinski definition) is 0. The average Bonchev–Trinajstić information content (AvgIpc) is 3.40. The molecule has 1 unspecified atom stereocenters. The highest BCUT2D eigenvalue weighted by atomic mass is 16.6. The number of esters is 3. The van der Waals surface area contributed by atoms with Crippen molar-refractivity contribution >= 4 is 17.9 Å². The van der Waals surface area contributed by atoms with Gasteiger partial charge in [0.2, 0.25) is 0 Å². The van der Waals surface area contributed by atoms with E-state index in [0.717, 1.165) is 77.0 Å². The number of rotatable bonds is 59. The standard InChI is InChI=1S/C68H122O6/c1-4-7-10-13-16-19-22-24-26-28-30-32-33-34-35-37-38-40-42-44-46-49-52-55-58-61-67(70)73-64-65(63-72-66(69)60-57-54-51-48-21-18-15-12-9-6-3)74-68(71)62-59-56-53-50-47-45-43-41-39-36-31-29-27-25-23-20-17-14-11-8-5-2/h22-25,28-31,33-34,65H,4-21,26-27,32,35-64H2,1-3H3/b24-22-,25-23-,30-28-,31-29-,34-33-. The Morgan fingerprint density at radius 1 is 0.270 bits per heavy atom. The third-order valence-electron chi connectivity index (χ3n) is 14.2. The van der Waals surface area contributed by atoms with Crippen LogP contribution in [0, 0.1) is 0 Å². The third kappa shape index (κ3) is 60.0. The summed E-state index contributed by atoms with van der Waals surface area (Å²) < 4.78 is 16.9. The van der Waals surface area contributed by atoms with Gasteiger partial charge in [-0.3, -0.25) is 14.4 Å². The molecule has 0 fully saturated rings. The highest BCUT2D eigenvalue weighted by molar-refractivity contribution is 5.71. The maximum Gasteiger partial charge on any atom is 0.306 e. The van der Waals surface area contributed by atoms with Gasteiger partial charge in [0.05, 0.1) is 0 Å². The second-order valence-electron chi connectivity index (χ2n) is 21.7. The van der Waals surface area contributed by atoms with Crippen LogP contribution >= 0.6 is 0 Å². The molecule has 0 aliphatic carbocycles. The number of allylic oxidation sites excluding steroid dienone is 10.